The molecule has 2 aliphatic heterocycles. The van der Waals surface area contributed by atoms with E-state index in [0.717, 1.165) is 24.8 Å². The highest BCUT2D eigenvalue weighted by Gasteiger charge is 2.48. The van der Waals surface area contributed by atoms with Crippen LogP contribution >= 0.6 is 0 Å². The summed E-state index contributed by atoms with van der Waals surface area (Å²) >= 11 is 0. The molecule has 0 aromatic heterocycles. The van der Waals surface area contributed by atoms with Crippen molar-refractivity contribution in [2.24, 2.45) is 0 Å². The van der Waals surface area contributed by atoms with Crippen molar-refractivity contribution in [3.63, 3.8) is 0 Å². The van der Waals surface area contributed by atoms with Crippen LogP contribution in [0.25, 0.3) is 0 Å². The lowest BCUT2D eigenvalue weighted by Crippen LogP contribution is -2.40. The number of aliphatic hydroxyl groups is 1. The monoisotopic (exact) mass is 264 g/mol. The predicted octanol–water partition coefficient (Wildman–Crippen LogP) is 2.51. The summed E-state index contributed by atoms with van der Waals surface area (Å²) in [6.45, 7) is 2.13. The molecule has 2 unspecified atom stereocenters. The van der Waals surface area contributed by atoms with E-state index < -0.39 is 16.4 Å². The third-order valence-corrected chi connectivity index (χ3v) is 6.59. The van der Waals surface area contributed by atoms with Gasteiger partial charge < -0.3 is 5.11 Å². The predicted molar refractivity (Wildman–Crippen MR) is 73.9 cm³/mol. The number of fused-ring (bicyclic) bond motifs is 2. The molecule has 2 nitrogen and oxygen atoms in total. The van der Waals surface area contributed by atoms with Crippen LogP contribution in [0.5, 0.6) is 0 Å². The fraction of sp³-hybridized carbons (Fsp3) is 0.600. The maximum atomic E-state index is 12.0. The van der Waals surface area contributed by atoms with Gasteiger partial charge in [-0.1, -0.05) is 31.2 Å². The van der Waals surface area contributed by atoms with Gasteiger partial charge in [0, 0.05) is 21.3 Å². The van der Waals surface area contributed by atoms with Crippen molar-refractivity contribution >= 4 is 10.8 Å². The van der Waals surface area contributed by atoms with Crippen molar-refractivity contribution in [1.29, 1.82) is 0 Å². The lowest BCUT2D eigenvalue weighted by atomic mass is 9.85. The van der Waals surface area contributed by atoms with Gasteiger partial charge in [0.1, 0.15) is 0 Å². The molecule has 0 spiro atoms. The van der Waals surface area contributed by atoms with E-state index in [0.29, 0.717) is 12.8 Å². The number of rotatable bonds is 2. The molecule has 2 fully saturated rings. The zero-order valence-corrected chi connectivity index (χ0v) is 11.6. The Labute approximate surface area is 111 Å². The molecule has 0 saturated carbocycles. The minimum atomic E-state index is -0.745. The quantitative estimate of drug-likeness (QED) is 0.891. The Hall–Kier alpha value is -0.670. The van der Waals surface area contributed by atoms with Crippen molar-refractivity contribution in [3.05, 3.63) is 35.4 Å². The topological polar surface area (TPSA) is 37.3 Å². The maximum absolute atomic E-state index is 12.0. The van der Waals surface area contributed by atoms with Crippen LogP contribution < -0.4 is 0 Å². The van der Waals surface area contributed by atoms with Crippen molar-refractivity contribution in [2.45, 2.75) is 55.1 Å². The van der Waals surface area contributed by atoms with E-state index in [9.17, 15) is 9.32 Å². The van der Waals surface area contributed by atoms with Crippen LogP contribution in [0.4, 0.5) is 0 Å². The first-order valence-corrected chi connectivity index (χ1v) is 8.11. The van der Waals surface area contributed by atoms with E-state index in [4.69, 9.17) is 0 Å². The zero-order chi connectivity index (χ0) is 12.8. The number of benzene rings is 1. The Balaban J connectivity index is 1.93. The first-order valence-electron chi connectivity index (χ1n) is 6.83. The summed E-state index contributed by atoms with van der Waals surface area (Å²) in [4.78, 5) is 0. The summed E-state index contributed by atoms with van der Waals surface area (Å²) in [5, 5.41) is 11.3. The molecule has 2 atom stereocenters. The molecule has 98 valence electrons. The standard InChI is InChI=1S/C15H20O2S/c1-2-11-4-3-5-12(8-11)15(16)9-13-6-7-14(10-15)18(13)17/h3-5,8,13-14,16H,2,6-7,9-10H2,1H3. The first kappa shape index (κ1) is 12.4. The summed E-state index contributed by atoms with van der Waals surface area (Å²) in [7, 11) is -0.706. The third kappa shape index (κ3) is 1.94. The molecule has 0 radical (unpaired) electrons. The molecule has 0 amide bonds. The molecule has 3 rings (SSSR count). The second kappa shape index (κ2) is 4.46. The van der Waals surface area contributed by atoms with Crippen molar-refractivity contribution in [3.8, 4) is 0 Å². The Morgan fingerprint density at radius 1 is 1.33 bits per heavy atom. The van der Waals surface area contributed by atoms with Crippen LogP contribution in [0.1, 0.15) is 43.7 Å². The average molecular weight is 264 g/mol. The molecule has 1 N–H and O–H groups in total. The summed E-state index contributed by atoms with van der Waals surface area (Å²) < 4.78 is 12.0. The van der Waals surface area contributed by atoms with E-state index in [2.05, 4.69) is 19.1 Å². The van der Waals surface area contributed by atoms with Gasteiger partial charge >= 0.3 is 0 Å². The largest absolute Gasteiger partial charge is 0.385 e. The first-order chi connectivity index (χ1) is 8.62. The van der Waals surface area contributed by atoms with E-state index >= 15 is 0 Å². The maximum Gasteiger partial charge on any atom is 0.0919 e. The van der Waals surface area contributed by atoms with Gasteiger partial charge in [-0.05, 0) is 43.2 Å². The van der Waals surface area contributed by atoms with Crippen LogP contribution in [0.3, 0.4) is 0 Å². The fourth-order valence-corrected chi connectivity index (χ4v) is 5.56. The van der Waals surface area contributed by atoms with Gasteiger partial charge in [-0.3, -0.25) is 4.21 Å². The summed E-state index contributed by atoms with van der Waals surface area (Å²) in [6, 6.07) is 8.27. The van der Waals surface area contributed by atoms with Gasteiger partial charge in [-0.15, -0.1) is 0 Å². The highest BCUT2D eigenvalue weighted by molar-refractivity contribution is 7.86. The molecule has 2 saturated heterocycles. The van der Waals surface area contributed by atoms with Gasteiger partial charge in [-0.25, -0.2) is 0 Å². The van der Waals surface area contributed by atoms with E-state index in [1.54, 1.807) is 0 Å². The molecule has 18 heavy (non-hydrogen) atoms. The van der Waals surface area contributed by atoms with Crippen molar-refractivity contribution < 1.29 is 9.32 Å². The lowest BCUT2D eigenvalue weighted by Gasteiger charge is -2.36. The molecule has 2 aliphatic rings. The second-order valence-corrected chi connectivity index (χ2v) is 7.63. The van der Waals surface area contributed by atoms with Crippen LogP contribution in [-0.4, -0.2) is 19.8 Å². The smallest absolute Gasteiger partial charge is 0.0919 e. The third-order valence-electron chi connectivity index (χ3n) is 4.47. The molecule has 2 heterocycles. The Morgan fingerprint density at radius 2 is 2.00 bits per heavy atom. The number of hydrogen-bond acceptors (Lipinski definition) is 2. The minimum Gasteiger partial charge on any atom is -0.385 e. The highest BCUT2D eigenvalue weighted by atomic mass is 32.2. The van der Waals surface area contributed by atoms with Crippen LogP contribution in [0.15, 0.2) is 24.3 Å². The van der Waals surface area contributed by atoms with Gasteiger partial charge in [-0.2, -0.15) is 0 Å². The molecular formula is C15H20O2S. The van der Waals surface area contributed by atoms with Crippen LogP contribution in [0.2, 0.25) is 0 Å². The molecular weight excluding hydrogens is 244 g/mol. The van der Waals surface area contributed by atoms with E-state index in [-0.39, 0.29) is 10.5 Å². The normalized spacial score (nSPS) is 38.9. The molecule has 2 bridgehead atoms. The van der Waals surface area contributed by atoms with Gasteiger partial charge in [0.25, 0.3) is 0 Å². The molecule has 3 heteroatoms. The summed E-state index contributed by atoms with van der Waals surface area (Å²) in [5.41, 5.74) is 1.54. The minimum absolute atomic E-state index is 0.207. The van der Waals surface area contributed by atoms with Crippen molar-refractivity contribution in [1.82, 2.24) is 0 Å². The highest BCUT2D eigenvalue weighted by Crippen LogP contribution is 2.45. The Bertz CT molecular complexity index is 467. The SMILES string of the molecule is CCc1cccc(C2(O)CC3CCC(C2)S3=O)c1. The van der Waals surface area contributed by atoms with Crippen LogP contribution in [-0.2, 0) is 22.8 Å². The Kier molecular flexibility index (Phi) is 3.07. The second-order valence-electron chi connectivity index (χ2n) is 5.64. The number of hydrogen-bond donors (Lipinski definition) is 1. The Morgan fingerprint density at radius 3 is 2.61 bits per heavy atom. The van der Waals surface area contributed by atoms with E-state index in [1.165, 1.54) is 5.56 Å². The summed E-state index contributed by atoms with van der Waals surface area (Å²) in [5.74, 6) is 0. The number of aryl methyl sites for hydroxylation is 1. The van der Waals surface area contributed by atoms with Crippen LogP contribution in [0, 0.1) is 0 Å². The molecule has 0 aliphatic carbocycles. The molecule has 1 aromatic carbocycles. The van der Waals surface area contributed by atoms with Gasteiger partial charge in [0.05, 0.1) is 5.60 Å². The van der Waals surface area contributed by atoms with Gasteiger partial charge in [0.2, 0.25) is 0 Å². The lowest BCUT2D eigenvalue weighted by molar-refractivity contribution is 0.0184. The zero-order valence-electron chi connectivity index (χ0n) is 10.8. The molecule has 1 aromatic rings. The van der Waals surface area contributed by atoms with E-state index in [1.807, 2.05) is 12.1 Å². The van der Waals surface area contributed by atoms with Crippen molar-refractivity contribution in [2.75, 3.05) is 0 Å². The fourth-order valence-electron chi connectivity index (χ4n) is 3.40. The average Bonchev–Trinajstić information content (AvgIpc) is 2.63. The summed E-state index contributed by atoms with van der Waals surface area (Å²) in [6.07, 6.45) is 4.37. The van der Waals surface area contributed by atoms with Gasteiger partial charge in [0.15, 0.2) is 0 Å².